The summed E-state index contributed by atoms with van der Waals surface area (Å²) < 4.78 is 43.4. The Morgan fingerprint density at radius 2 is 1.58 bits per heavy atom. The van der Waals surface area contributed by atoms with Crippen LogP contribution in [-0.2, 0) is 38.1 Å². The SMILES string of the molecule is C#C[C@]1(CO)O[C@@H](n2cnc3c(NC(=O)OC(COC(=O)CCCCCCCC)COC(=O)CCCCCCCC)nc(F)nc32)C[C@@H]1OC(C)=O. The van der Waals surface area contributed by atoms with Crippen LogP contribution in [0.4, 0.5) is 15.0 Å². The fourth-order valence-electron chi connectivity index (χ4n) is 5.76. The number of carbonyl (C=O) groups is 4. The molecule has 2 aromatic rings. The summed E-state index contributed by atoms with van der Waals surface area (Å²) in [6.45, 7) is 4.02. The molecule has 1 aliphatic heterocycles. The Labute approximate surface area is 303 Å². The molecule has 2 aromatic heterocycles. The van der Waals surface area contributed by atoms with Crippen molar-refractivity contribution >= 4 is 41.0 Å². The van der Waals surface area contributed by atoms with Gasteiger partial charge in [-0.3, -0.25) is 24.3 Å². The number of ether oxygens (including phenoxy) is 5. The minimum atomic E-state index is -1.67. The van der Waals surface area contributed by atoms with Gasteiger partial charge < -0.3 is 28.8 Å². The monoisotopic (exact) mass is 733 g/mol. The Hall–Kier alpha value is -4.36. The van der Waals surface area contributed by atoms with Gasteiger partial charge in [-0.05, 0) is 12.8 Å². The molecule has 1 fully saturated rings. The van der Waals surface area contributed by atoms with Gasteiger partial charge in [0.1, 0.15) is 25.5 Å². The number of imidazole rings is 1. The zero-order valence-electron chi connectivity index (χ0n) is 30.4. The molecule has 1 amide bonds. The largest absolute Gasteiger partial charge is 0.462 e. The average Bonchev–Trinajstić information content (AvgIpc) is 3.70. The van der Waals surface area contributed by atoms with E-state index in [-0.39, 0.29) is 49.5 Å². The molecular weight excluding hydrogens is 681 g/mol. The lowest BCUT2D eigenvalue weighted by molar-refractivity contribution is -0.156. The fourth-order valence-corrected chi connectivity index (χ4v) is 5.76. The molecule has 52 heavy (non-hydrogen) atoms. The molecule has 3 atom stereocenters. The third kappa shape index (κ3) is 13.0. The van der Waals surface area contributed by atoms with Gasteiger partial charge in [0.15, 0.2) is 28.7 Å². The normalized spacial score (nSPS) is 18.2. The number of carbonyl (C=O) groups excluding carboxylic acids is 4. The number of aromatic nitrogens is 4. The van der Waals surface area contributed by atoms with Crippen molar-refractivity contribution in [2.75, 3.05) is 25.1 Å². The minimum absolute atomic E-state index is 0.0247. The number of fused-ring (bicyclic) bond motifs is 1. The van der Waals surface area contributed by atoms with Gasteiger partial charge in [-0.25, -0.2) is 9.78 Å². The van der Waals surface area contributed by atoms with Crippen molar-refractivity contribution in [3.05, 3.63) is 12.4 Å². The number of unbranched alkanes of at least 4 members (excludes halogenated alkanes) is 10. The lowest BCUT2D eigenvalue weighted by atomic mass is 9.98. The van der Waals surface area contributed by atoms with Gasteiger partial charge >= 0.3 is 30.1 Å². The van der Waals surface area contributed by atoms with Crippen molar-refractivity contribution in [3.63, 3.8) is 0 Å². The average molecular weight is 734 g/mol. The summed E-state index contributed by atoms with van der Waals surface area (Å²) in [6, 6.07) is 0. The van der Waals surface area contributed by atoms with Crippen LogP contribution >= 0.6 is 0 Å². The molecule has 0 aromatic carbocycles. The highest BCUT2D eigenvalue weighted by Crippen LogP contribution is 2.39. The van der Waals surface area contributed by atoms with Crippen molar-refractivity contribution in [1.29, 1.82) is 0 Å². The molecule has 3 rings (SSSR count). The molecule has 0 aliphatic carbocycles. The van der Waals surface area contributed by atoms with Crippen molar-refractivity contribution in [3.8, 4) is 12.3 Å². The maximum atomic E-state index is 14.7. The number of nitrogens with zero attached hydrogens (tertiary/aromatic N) is 4. The van der Waals surface area contributed by atoms with Gasteiger partial charge in [-0.1, -0.05) is 84.0 Å². The van der Waals surface area contributed by atoms with Crippen LogP contribution in [0.3, 0.4) is 0 Å². The van der Waals surface area contributed by atoms with E-state index in [4.69, 9.17) is 30.1 Å². The summed E-state index contributed by atoms with van der Waals surface area (Å²) in [6.07, 6.45) is 13.5. The lowest BCUT2D eigenvalue weighted by Gasteiger charge is -2.26. The van der Waals surface area contributed by atoms with Gasteiger partial charge in [-0.2, -0.15) is 14.4 Å². The van der Waals surface area contributed by atoms with Gasteiger partial charge in [0, 0.05) is 26.2 Å². The lowest BCUT2D eigenvalue weighted by Crippen LogP contribution is -2.43. The number of esters is 3. The molecule has 1 saturated heterocycles. The number of nitrogens with one attached hydrogen (secondary N) is 1. The van der Waals surface area contributed by atoms with E-state index in [9.17, 15) is 28.7 Å². The van der Waals surface area contributed by atoms with E-state index in [1.807, 2.05) is 0 Å². The molecule has 0 bridgehead atoms. The zero-order chi connectivity index (χ0) is 37.9. The van der Waals surface area contributed by atoms with Crippen molar-refractivity contribution in [2.24, 2.45) is 0 Å². The van der Waals surface area contributed by atoms with Crippen molar-refractivity contribution < 1.29 is 52.4 Å². The van der Waals surface area contributed by atoms with E-state index in [1.165, 1.54) is 17.8 Å². The van der Waals surface area contributed by atoms with Crippen LogP contribution in [0.2, 0.25) is 0 Å². The maximum Gasteiger partial charge on any atom is 0.413 e. The number of hydrogen-bond acceptors (Lipinski definition) is 13. The summed E-state index contributed by atoms with van der Waals surface area (Å²) in [7, 11) is 0. The highest BCUT2D eigenvalue weighted by molar-refractivity contribution is 5.93. The number of hydrogen-bond donors (Lipinski definition) is 2. The number of anilines is 1. The Morgan fingerprint density at radius 3 is 2.12 bits per heavy atom. The van der Waals surface area contributed by atoms with Crippen LogP contribution in [0.25, 0.3) is 11.2 Å². The van der Waals surface area contributed by atoms with Crippen molar-refractivity contribution in [1.82, 2.24) is 19.5 Å². The third-order valence-electron chi connectivity index (χ3n) is 8.60. The predicted octanol–water partition coefficient (Wildman–Crippen LogP) is 5.69. The number of aliphatic hydroxyl groups is 1. The first kappa shape index (κ1) is 42.1. The molecule has 0 saturated carbocycles. The van der Waals surface area contributed by atoms with Crippen LogP contribution in [0.5, 0.6) is 0 Å². The third-order valence-corrected chi connectivity index (χ3v) is 8.60. The first-order valence-electron chi connectivity index (χ1n) is 18.2. The number of aliphatic hydroxyl groups excluding tert-OH is 1. The van der Waals surface area contributed by atoms with Crippen molar-refractivity contribution in [2.45, 2.75) is 141 Å². The molecule has 15 nitrogen and oxygen atoms in total. The number of terminal acetylenes is 1. The van der Waals surface area contributed by atoms with Gasteiger partial charge in [-0.15, -0.1) is 6.42 Å². The smallest absolute Gasteiger partial charge is 0.413 e. The van der Waals surface area contributed by atoms with Gasteiger partial charge in [0.05, 0.1) is 12.9 Å². The highest BCUT2D eigenvalue weighted by Gasteiger charge is 2.51. The molecule has 0 radical (unpaired) electrons. The standard InChI is InChI=1S/C36H52FN5O10/c1-5-8-10-12-14-16-18-29(45)48-21-26(22-49-30(46)19-17-15-13-11-9-6-2)51-35(47)40-32-31-33(41-34(37)39-32)42(24-38-31)28-20-27(50-25(4)44)36(7-3,23-43)52-28/h3,24,26-28,43H,5-6,8-23H2,1-2,4H3,(H,39,40,41,47)/t27-,28+,36+/m0/s1. The molecule has 16 heteroatoms. The molecule has 0 unspecified atom stereocenters. The molecule has 2 N–H and O–H groups in total. The second kappa shape index (κ2) is 21.9. The molecule has 1 aliphatic rings. The van der Waals surface area contributed by atoms with Gasteiger partial charge in [0.2, 0.25) is 0 Å². The first-order valence-corrected chi connectivity index (χ1v) is 18.2. The van der Waals surface area contributed by atoms with Gasteiger partial charge in [0.25, 0.3) is 0 Å². The summed E-state index contributed by atoms with van der Waals surface area (Å²) >= 11 is 0. The van der Waals surface area contributed by atoms with E-state index < -0.39 is 60.7 Å². The first-order chi connectivity index (χ1) is 25.0. The summed E-state index contributed by atoms with van der Waals surface area (Å²) in [5.41, 5.74) is -1.83. The Kier molecular flexibility index (Phi) is 17.7. The highest BCUT2D eigenvalue weighted by atomic mass is 19.1. The van der Waals surface area contributed by atoms with E-state index in [0.717, 1.165) is 64.2 Å². The van der Waals surface area contributed by atoms with Crippen LogP contribution in [0.15, 0.2) is 6.33 Å². The quantitative estimate of drug-likeness (QED) is 0.0467. The molecule has 288 valence electrons. The summed E-state index contributed by atoms with van der Waals surface area (Å²) in [4.78, 5) is 61.3. The van der Waals surface area contributed by atoms with Crippen LogP contribution in [-0.4, -0.2) is 86.3 Å². The minimum Gasteiger partial charge on any atom is -0.462 e. The molecular formula is C36H52FN5O10. The Bertz CT molecular complexity index is 1480. The van der Waals surface area contributed by atoms with E-state index >= 15 is 0 Å². The second-order valence-electron chi connectivity index (χ2n) is 12.8. The number of halogens is 1. The van der Waals surface area contributed by atoms with Crippen LogP contribution < -0.4 is 5.32 Å². The summed E-state index contributed by atoms with van der Waals surface area (Å²) in [5, 5.41) is 12.3. The fraction of sp³-hybridized carbons (Fsp3) is 0.694. The van der Waals surface area contributed by atoms with Crippen LogP contribution in [0.1, 0.15) is 123 Å². The van der Waals surface area contributed by atoms with E-state index in [2.05, 4.69) is 40.0 Å². The summed E-state index contributed by atoms with van der Waals surface area (Å²) in [5.74, 6) is 0.379. The van der Waals surface area contributed by atoms with Crippen LogP contribution in [0, 0.1) is 18.4 Å². The topological polar surface area (TPSA) is 190 Å². The Morgan fingerprint density at radius 1 is 1.00 bits per heavy atom. The molecule has 0 spiro atoms. The van der Waals surface area contributed by atoms with E-state index in [1.54, 1.807) is 0 Å². The van der Waals surface area contributed by atoms with E-state index in [0.29, 0.717) is 12.8 Å². The zero-order valence-corrected chi connectivity index (χ0v) is 30.4. The number of amides is 1. The maximum absolute atomic E-state index is 14.7. The number of rotatable bonds is 23. The second-order valence-corrected chi connectivity index (χ2v) is 12.8. The predicted molar refractivity (Wildman–Crippen MR) is 186 cm³/mol. The Balaban J connectivity index is 1.68. The molecule has 3 heterocycles.